The summed E-state index contributed by atoms with van der Waals surface area (Å²) >= 11 is 6.29. The average molecular weight is 392 g/mol. The van der Waals surface area contributed by atoms with Gasteiger partial charge in [-0.1, -0.05) is 11.6 Å². The quantitative estimate of drug-likeness (QED) is 0.784. The van der Waals surface area contributed by atoms with Gasteiger partial charge in [0.2, 0.25) is 0 Å². The van der Waals surface area contributed by atoms with Crippen LogP contribution in [-0.2, 0) is 11.3 Å². The van der Waals surface area contributed by atoms with Crippen LogP contribution in [0.25, 0.3) is 0 Å². The van der Waals surface area contributed by atoms with Gasteiger partial charge in [-0.3, -0.25) is 9.59 Å². The minimum atomic E-state index is -0.429. The Morgan fingerprint density at radius 3 is 2.78 bits per heavy atom. The largest absolute Gasteiger partial charge is 0.489 e. The van der Waals surface area contributed by atoms with Gasteiger partial charge in [-0.05, 0) is 49.9 Å². The van der Waals surface area contributed by atoms with Crippen LogP contribution in [0.2, 0.25) is 5.02 Å². The van der Waals surface area contributed by atoms with Crippen molar-refractivity contribution >= 4 is 23.2 Å². The van der Waals surface area contributed by atoms with Crippen molar-refractivity contribution in [3.05, 3.63) is 51.4 Å². The number of hydrogen-bond donors (Lipinski definition) is 1. The standard InChI is InChI=1S/C19H22ClN3O4/c1-26-11-10-23-18(24)9-7-16(22-23)19(25)21-13-6-8-17(15(20)12-13)27-14-4-2-3-5-14/h6-9,12,14H,2-5,10-11H2,1H3,(H,21,25). The van der Waals surface area contributed by atoms with Crippen LogP contribution in [0.3, 0.4) is 0 Å². The van der Waals surface area contributed by atoms with Gasteiger partial charge in [0.15, 0.2) is 0 Å². The van der Waals surface area contributed by atoms with Crippen molar-refractivity contribution in [2.75, 3.05) is 19.0 Å². The van der Waals surface area contributed by atoms with Crippen molar-refractivity contribution in [3.8, 4) is 5.75 Å². The predicted molar refractivity (Wildman–Crippen MR) is 103 cm³/mol. The molecule has 1 saturated carbocycles. The Hall–Kier alpha value is -2.38. The summed E-state index contributed by atoms with van der Waals surface area (Å²) in [6, 6.07) is 7.83. The molecule has 1 N–H and O–H groups in total. The van der Waals surface area contributed by atoms with Crippen LogP contribution in [0.4, 0.5) is 5.69 Å². The maximum absolute atomic E-state index is 12.4. The van der Waals surface area contributed by atoms with E-state index in [2.05, 4.69) is 10.4 Å². The molecule has 3 rings (SSSR count). The first kappa shape index (κ1) is 19.4. The molecule has 1 fully saturated rings. The Morgan fingerprint density at radius 2 is 2.07 bits per heavy atom. The summed E-state index contributed by atoms with van der Waals surface area (Å²) in [4.78, 5) is 24.2. The lowest BCUT2D eigenvalue weighted by atomic mass is 10.2. The second-order valence-electron chi connectivity index (χ2n) is 6.40. The normalized spacial score (nSPS) is 14.3. The van der Waals surface area contributed by atoms with Gasteiger partial charge in [-0.2, -0.15) is 5.10 Å². The summed E-state index contributed by atoms with van der Waals surface area (Å²) in [6.07, 6.45) is 4.64. The van der Waals surface area contributed by atoms with Gasteiger partial charge >= 0.3 is 0 Å². The molecule has 1 amide bonds. The number of nitrogens with one attached hydrogen (secondary N) is 1. The number of nitrogens with zero attached hydrogens (tertiary/aromatic N) is 2. The molecule has 7 nitrogen and oxygen atoms in total. The summed E-state index contributed by atoms with van der Waals surface area (Å²) < 4.78 is 12.1. The number of benzene rings is 1. The third-order valence-electron chi connectivity index (χ3n) is 4.39. The van der Waals surface area contributed by atoms with Crippen molar-refractivity contribution in [1.29, 1.82) is 0 Å². The second-order valence-corrected chi connectivity index (χ2v) is 6.80. The third kappa shape index (κ3) is 5.08. The van der Waals surface area contributed by atoms with Crippen LogP contribution < -0.4 is 15.6 Å². The first-order valence-corrected chi connectivity index (χ1v) is 9.29. The lowest BCUT2D eigenvalue weighted by molar-refractivity contribution is 0.101. The molecule has 1 aliphatic rings. The highest BCUT2D eigenvalue weighted by molar-refractivity contribution is 6.32. The molecule has 0 bridgehead atoms. The van der Waals surface area contributed by atoms with E-state index < -0.39 is 5.91 Å². The first-order valence-electron chi connectivity index (χ1n) is 8.91. The molecule has 0 radical (unpaired) electrons. The van der Waals surface area contributed by atoms with Gasteiger partial charge in [0.25, 0.3) is 11.5 Å². The molecule has 0 unspecified atom stereocenters. The van der Waals surface area contributed by atoms with E-state index in [1.165, 1.54) is 36.8 Å². The number of ether oxygens (including phenoxy) is 2. The molecular weight excluding hydrogens is 370 g/mol. The zero-order valence-corrected chi connectivity index (χ0v) is 15.9. The van der Waals surface area contributed by atoms with E-state index in [1.54, 1.807) is 18.2 Å². The maximum Gasteiger partial charge on any atom is 0.276 e. The average Bonchev–Trinajstić information content (AvgIpc) is 3.16. The highest BCUT2D eigenvalue weighted by Gasteiger charge is 2.18. The van der Waals surface area contributed by atoms with Gasteiger partial charge in [0, 0.05) is 18.9 Å². The fourth-order valence-electron chi connectivity index (χ4n) is 2.96. The van der Waals surface area contributed by atoms with Crippen LogP contribution in [-0.4, -0.2) is 35.5 Å². The number of halogens is 1. The number of anilines is 1. The molecule has 1 aliphatic carbocycles. The zero-order chi connectivity index (χ0) is 19.2. The summed E-state index contributed by atoms with van der Waals surface area (Å²) in [7, 11) is 1.53. The van der Waals surface area contributed by atoms with Crippen molar-refractivity contribution < 1.29 is 14.3 Å². The molecule has 0 saturated heterocycles. The van der Waals surface area contributed by atoms with Crippen LogP contribution in [0.1, 0.15) is 36.2 Å². The molecule has 1 aromatic carbocycles. The number of carbonyl (C=O) groups is 1. The molecule has 1 heterocycles. The van der Waals surface area contributed by atoms with E-state index in [9.17, 15) is 9.59 Å². The lowest BCUT2D eigenvalue weighted by Crippen LogP contribution is -2.27. The summed E-state index contributed by atoms with van der Waals surface area (Å²) in [5.41, 5.74) is 0.369. The Kier molecular flexibility index (Phi) is 6.47. The van der Waals surface area contributed by atoms with Crippen molar-refractivity contribution in [1.82, 2.24) is 9.78 Å². The van der Waals surface area contributed by atoms with E-state index in [0.717, 1.165) is 12.8 Å². The molecule has 0 spiro atoms. The smallest absolute Gasteiger partial charge is 0.276 e. The van der Waals surface area contributed by atoms with E-state index in [4.69, 9.17) is 21.1 Å². The first-order chi connectivity index (χ1) is 13.1. The number of methoxy groups -OCH3 is 1. The van der Waals surface area contributed by atoms with E-state index in [1.807, 2.05) is 0 Å². The summed E-state index contributed by atoms with van der Waals surface area (Å²) in [5, 5.41) is 7.25. The van der Waals surface area contributed by atoms with Crippen LogP contribution in [0.5, 0.6) is 5.75 Å². The molecule has 2 aromatic rings. The maximum atomic E-state index is 12.4. The summed E-state index contributed by atoms with van der Waals surface area (Å²) in [6.45, 7) is 0.603. The van der Waals surface area contributed by atoms with E-state index >= 15 is 0 Å². The van der Waals surface area contributed by atoms with Crippen LogP contribution in [0, 0.1) is 0 Å². The van der Waals surface area contributed by atoms with Crippen molar-refractivity contribution in [2.45, 2.75) is 38.3 Å². The van der Waals surface area contributed by atoms with Gasteiger partial charge in [-0.15, -0.1) is 0 Å². The highest BCUT2D eigenvalue weighted by atomic mass is 35.5. The third-order valence-corrected chi connectivity index (χ3v) is 4.69. The lowest BCUT2D eigenvalue weighted by Gasteiger charge is -2.15. The SMILES string of the molecule is COCCn1nc(C(=O)Nc2ccc(OC3CCCC3)c(Cl)c2)ccc1=O. The Bertz CT molecular complexity index is 862. The molecule has 144 valence electrons. The van der Waals surface area contributed by atoms with Gasteiger partial charge < -0.3 is 14.8 Å². The number of carbonyl (C=O) groups excluding carboxylic acids is 1. The number of amides is 1. The Balaban J connectivity index is 1.68. The van der Waals surface area contributed by atoms with E-state index in [-0.39, 0.29) is 23.9 Å². The zero-order valence-electron chi connectivity index (χ0n) is 15.1. The topological polar surface area (TPSA) is 82.5 Å². The Labute approximate surface area is 162 Å². The van der Waals surface area contributed by atoms with Gasteiger partial charge in [-0.25, -0.2) is 4.68 Å². The molecular formula is C19H22ClN3O4. The molecule has 0 atom stereocenters. The minimum Gasteiger partial charge on any atom is -0.489 e. The highest BCUT2D eigenvalue weighted by Crippen LogP contribution is 2.31. The fourth-order valence-corrected chi connectivity index (χ4v) is 3.19. The minimum absolute atomic E-state index is 0.133. The second kappa shape index (κ2) is 9.01. The van der Waals surface area contributed by atoms with E-state index in [0.29, 0.717) is 23.1 Å². The fraction of sp³-hybridized carbons (Fsp3) is 0.421. The number of hydrogen-bond acceptors (Lipinski definition) is 5. The Morgan fingerprint density at radius 1 is 1.30 bits per heavy atom. The molecule has 27 heavy (non-hydrogen) atoms. The van der Waals surface area contributed by atoms with Crippen LogP contribution in [0.15, 0.2) is 35.1 Å². The van der Waals surface area contributed by atoms with Crippen molar-refractivity contribution in [3.63, 3.8) is 0 Å². The monoisotopic (exact) mass is 391 g/mol. The number of rotatable bonds is 7. The number of aromatic nitrogens is 2. The summed E-state index contributed by atoms with van der Waals surface area (Å²) in [5.74, 6) is 0.189. The van der Waals surface area contributed by atoms with Gasteiger partial charge in [0.05, 0.1) is 24.3 Å². The molecule has 0 aliphatic heterocycles. The van der Waals surface area contributed by atoms with Crippen molar-refractivity contribution in [2.24, 2.45) is 0 Å². The molecule has 1 aromatic heterocycles. The van der Waals surface area contributed by atoms with Gasteiger partial charge in [0.1, 0.15) is 11.4 Å². The van der Waals surface area contributed by atoms with Crippen LogP contribution >= 0.6 is 11.6 Å². The predicted octanol–water partition coefficient (Wildman–Crippen LogP) is 3.12. The molecule has 8 heteroatoms.